The summed E-state index contributed by atoms with van der Waals surface area (Å²) in [5.74, 6) is 1.44. The van der Waals surface area contributed by atoms with Crippen LogP contribution < -0.4 is 15.4 Å². The van der Waals surface area contributed by atoms with Crippen molar-refractivity contribution in [3.8, 4) is 22.6 Å². The summed E-state index contributed by atoms with van der Waals surface area (Å²) in [7, 11) is 0. The van der Waals surface area contributed by atoms with Crippen LogP contribution in [-0.4, -0.2) is 28.7 Å². The zero-order chi connectivity index (χ0) is 40.9. The molecule has 7 aromatic rings. The summed E-state index contributed by atoms with van der Waals surface area (Å²) in [6.45, 7) is 2.63. The van der Waals surface area contributed by atoms with Crippen LogP contribution in [0.2, 0.25) is 0 Å². The second-order valence-electron chi connectivity index (χ2n) is 15.0. The second-order valence-corrected chi connectivity index (χ2v) is 15.0. The number of anilines is 1. The third-order valence-electron chi connectivity index (χ3n) is 10.6. The van der Waals surface area contributed by atoms with Gasteiger partial charge < -0.3 is 30.0 Å². The van der Waals surface area contributed by atoms with E-state index in [0.29, 0.717) is 24.4 Å². The molecule has 0 aliphatic carbocycles. The summed E-state index contributed by atoms with van der Waals surface area (Å²) in [5, 5.41) is 15.6. The van der Waals surface area contributed by atoms with Crippen molar-refractivity contribution in [1.82, 2.24) is 10.2 Å². The summed E-state index contributed by atoms with van der Waals surface area (Å²) in [6.07, 6.45) is -0.211. The van der Waals surface area contributed by atoms with Gasteiger partial charge in [-0.3, -0.25) is 4.90 Å². The number of nitrogens with zero attached hydrogens (tertiary/aromatic N) is 1. The van der Waals surface area contributed by atoms with E-state index in [1.54, 1.807) is 0 Å². The van der Waals surface area contributed by atoms with Gasteiger partial charge >= 0.3 is 6.03 Å². The molecule has 1 saturated heterocycles. The van der Waals surface area contributed by atoms with E-state index >= 15 is 0 Å². The Morgan fingerprint density at radius 2 is 1.20 bits per heavy atom. The summed E-state index contributed by atoms with van der Waals surface area (Å²) in [6, 6.07) is 62.1. The molecule has 60 heavy (non-hydrogen) atoms. The van der Waals surface area contributed by atoms with E-state index in [0.717, 1.165) is 58.8 Å². The molecule has 302 valence electrons. The standard InChI is InChI=1S/C52H49N3O5/c56-37-40-20-22-42(23-21-40)50-32-48(36-55(34-38-12-4-1-5-13-38)35-39-14-6-2-7-15-39)59-51(60-50)43-26-24-41(25-27-43)49-19-11-10-16-44(49)33-53-52(57)54-45-28-30-47(31-29-45)58-46-17-8-3-9-18-46/h1-31,48,50-51,56H,32-37H2,(H2,53,54,57). The Morgan fingerprint density at radius 3 is 1.85 bits per heavy atom. The minimum Gasteiger partial charge on any atom is -0.457 e. The van der Waals surface area contributed by atoms with E-state index in [4.69, 9.17) is 14.2 Å². The molecule has 0 spiro atoms. The first-order chi connectivity index (χ1) is 29.5. The fourth-order valence-electron chi connectivity index (χ4n) is 7.55. The summed E-state index contributed by atoms with van der Waals surface area (Å²) in [5.41, 5.74) is 9.03. The molecule has 0 radical (unpaired) electrons. The lowest BCUT2D eigenvalue weighted by molar-refractivity contribution is -0.253. The molecule has 1 aliphatic heterocycles. The number of para-hydroxylation sites is 1. The minimum absolute atomic E-state index is 0.00663. The van der Waals surface area contributed by atoms with Crippen molar-refractivity contribution in [2.24, 2.45) is 0 Å². The Kier molecular flexibility index (Phi) is 13.4. The van der Waals surface area contributed by atoms with Gasteiger partial charge in [-0.15, -0.1) is 0 Å². The van der Waals surface area contributed by atoms with Gasteiger partial charge in [-0.2, -0.15) is 0 Å². The highest BCUT2D eigenvalue weighted by molar-refractivity contribution is 5.89. The van der Waals surface area contributed by atoms with Gasteiger partial charge in [-0.1, -0.05) is 152 Å². The monoisotopic (exact) mass is 795 g/mol. The average molecular weight is 796 g/mol. The van der Waals surface area contributed by atoms with Crippen LogP contribution in [0.4, 0.5) is 10.5 Å². The molecule has 0 bridgehead atoms. The molecular weight excluding hydrogens is 747 g/mol. The molecule has 0 aromatic heterocycles. The number of aliphatic hydroxyl groups excluding tert-OH is 1. The Hall–Kier alpha value is -6.55. The van der Waals surface area contributed by atoms with Crippen molar-refractivity contribution in [2.45, 2.75) is 51.2 Å². The van der Waals surface area contributed by atoms with Crippen molar-refractivity contribution in [2.75, 3.05) is 11.9 Å². The third kappa shape index (κ3) is 10.9. The van der Waals surface area contributed by atoms with E-state index in [-0.39, 0.29) is 24.8 Å². The first-order valence-electron chi connectivity index (χ1n) is 20.4. The fraction of sp³-hybridized carbons (Fsp3) is 0.173. The maximum Gasteiger partial charge on any atom is 0.319 e. The Bertz CT molecular complexity index is 2350. The molecule has 2 amide bonds. The maximum atomic E-state index is 13.0. The van der Waals surface area contributed by atoms with Gasteiger partial charge in [0.1, 0.15) is 11.5 Å². The quantitative estimate of drug-likeness (QED) is 0.0957. The van der Waals surface area contributed by atoms with Crippen molar-refractivity contribution >= 4 is 11.7 Å². The van der Waals surface area contributed by atoms with Crippen molar-refractivity contribution in [1.29, 1.82) is 0 Å². The molecule has 1 aliphatic rings. The summed E-state index contributed by atoms with van der Waals surface area (Å²) in [4.78, 5) is 15.4. The highest BCUT2D eigenvalue weighted by Crippen LogP contribution is 2.39. The van der Waals surface area contributed by atoms with Crippen LogP contribution in [0.15, 0.2) is 188 Å². The predicted octanol–water partition coefficient (Wildman–Crippen LogP) is 11.2. The van der Waals surface area contributed by atoms with Gasteiger partial charge in [0, 0.05) is 43.9 Å². The SMILES string of the molecule is O=C(NCc1ccccc1-c1ccc(C2OC(CN(Cc3ccccc3)Cc3ccccc3)CC(c3ccc(CO)cc3)O2)cc1)Nc1ccc(Oc2ccccc2)cc1. The van der Waals surface area contributed by atoms with E-state index in [1.165, 1.54) is 11.1 Å². The number of nitrogens with one attached hydrogen (secondary N) is 2. The minimum atomic E-state index is -0.588. The Labute approximate surface area is 352 Å². The number of aliphatic hydroxyl groups is 1. The third-order valence-corrected chi connectivity index (χ3v) is 10.6. The number of rotatable bonds is 15. The predicted molar refractivity (Wildman–Crippen MR) is 236 cm³/mol. The largest absolute Gasteiger partial charge is 0.457 e. The molecule has 7 aromatic carbocycles. The molecule has 8 rings (SSSR count). The average Bonchev–Trinajstić information content (AvgIpc) is 3.30. The number of carbonyl (C=O) groups is 1. The van der Waals surface area contributed by atoms with Crippen LogP contribution in [-0.2, 0) is 35.7 Å². The zero-order valence-electron chi connectivity index (χ0n) is 33.4. The highest BCUT2D eigenvalue weighted by atomic mass is 16.7. The molecule has 3 unspecified atom stereocenters. The van der Waals surface area contributed by atoms with Gasteiger partial charge in [0.25, 0.3) is 0 Å². The zero-order valence-corrected chi connectivity index (χ0v) is 33.4. The van der Waals surface area contributed by atoms with Gasteiger partial charge in [0.15, 0.2) is 6.29 Å². The Balaban J connectivity index is 0.953. The topological polar surface area (TPSA) is 92.3 Å². The number of hydrogen-bond donors (Lipinski definition) is 3. The van der Waals surface area contributed by atoms with Crippen LogP contribution in [0.1, 0.15) is 52.2 Å². The normalized spacial score (nSPS) is 16.3. The van der Waals surface area contributed by atoms with Crippen LogP contribution >= 0.6 is 0 Å². The smallest absolute Gasteiger partial charge is 0.319 e. The fourth-order valence-corrected chi connectivity index (χ4v) is 7.55. The number of urea groups is 1. The van der Waals surface area contributed by atoms with Crippen molar-refractivity contribution in [3.63, 3.8) is 0 Å². The number of ether oxygens (including phenoxy) is 3. The lowest BCUT2D eigenvalue weighted by atomic mass is 9.97. The first kappa shape index (κ1) is 40.2. The molecule has 3 N–H and O–H groups in total. The van der Waals surface area contributed by atoms with E-state index in [9.17, 15) is 9.90 Å². The Morgan fingerprint density at radius 1 is 0.617 bits per heavy atom. The molecule has 3 atom stereocenters. The van der Waals surface area contributed by atoms with E-state index < -0.39 is 6.29 Å². The summed E-state index contributed by atoms with van der Waals surface area (Å²) >= 11 is 0. The molecule has 8 nitrogen and oxygen atoms in total. The van der Waals surface area contributed by atoms with Crippen molar-refractivity contribution < 1.29 is 24.1 Å². The molecule has 8 heteroatoms. The number of amides is 2. The maximum absolute atomic E-state index is 13.0. The lowest BCUT2D eigenvalue weighted by Crippen LogP contribution is -2.39. The number of benzene rings is 7. The van der Waals surface area contributed by atoms with E-state index in [2.05, 4.69) is 107 Å². The molecular formula is C52H49N3O5. The first-order valence-corrected chi connectivity index (χ1v) is 20.4. The lowest BCUT2D eigenvalue weighted by Gasteiger charge is -2.38. The second kappa shape index (κ2) is 19.9. The molecule has 0 saturated carbocycles. The number of hydrogen-bond acceptors (Lipinski definition) is 6. The van der Waals surface area contributed by atoms with Gasteiger partial charge in [0.05, 0.1) is 18.8 Å². The van der Waals surface area contributed by atoms with Crippen molar-refractivity contribution in [3.05, 3.63) is 221 Å². The highest BCUT2D eigenvalue weighted by Gasteiger charge is 2.33. The van der Waals surface area contributed by atoms with Crippen LogP contribution in [0.3, 0.4) is 0 Å². The van der Waals surface area contributed by atoms with Crippen LogP contribution in [0.5, 0.6) is 11.5 Å². The van der Waals surface area contributed by atoms with Crippen LogP contribution in [0.25, 0.3) is 11.1 Å². The van der Waals surface area contributed by atoms with E-state index in [1.807, 2.05) is 97.1 Å². The molecule has 1 fully saturated rings. The molecule has 1 heterocycles. The van der Waals surface area contributed by atoms with Crippen LogP contribution in [0, 0.1) is 0 Å². The van der Waals surface area contributed by atoms with Gasteiger partial charge in [-0.05, 0) is 75.3 Å². The summed E-state index contributed by atoms with van der Waals surface area (Å²) < 4.78 is 19.4. The van der Waals surface area contributed by atoms with Gasteiger partial charge in [-0.25, -0.2) is 4.79 Å². The van der Waals surface area contributed by atoms with Gasteiger partial charge in [0.2, 0.25) is 0 Å². The number of carbonyl (C=O) groups excluding carboxylic acids is 1.